The van der Waals surface area contributed by atoms with Gasteiger partial charge in [-0.25, -0.2) is 5.43 Å². The summed E-state index contributed by atoms with van der Waals surface area (Å²) in [7, 11) is 0. The quantitative estimate of drug-likeness (QED) is 0.377. The first-order valence-electron chi connectivity index (χ1n) is 9.18. The van der Waals surface area contributed by atoms with Crippen LogP contribution in [0.2, 0.25) is 0 Å². The number of rotatable bonds is 8. The van der Waals surface area contributed by atoms with Crippen LogP contribution in [0.3, 0.4) is 0 Å². The number of carbonyl (C=O) groups is 1. The van der Waals surface area contributed by atoms with Gasteiger partial charge in [-0.3, -0.25) is 4.79 Å². The molecule has 6 heteroatoms. The Bertz CT molecular complexity index is 1000. The van der Waals surface area contributed by atoms with Gasteiger partial charge in [-0.1, -0.05) is 52.3 Å². The maximum atomic E-state index is 12.4. The second kappa shape index (κ2) is 10.4. The standard InChI is InChI=1S/C23H21BrN2O3/c1-2-28-22-12-4-3-11-21(22)23(27)26-25-15-17-7-6-10-20(14-17)29-16-18-8-5-9-19(24)13-18/h3-15H,2,16H2,1H3,(H,26,27)/b25-15+. The minimum absolute atomic E-state index is 0.327. The van der Waals surface area contributed by atoms with Crippen molar-refractivity contribution in [3.63, 3.8) is 0 Å². The minimum atomic E-state index is -0.327. The summed E-state index contributed by atoms with van der Waals surface area (Å²) in [6.07, 6.45) is 1.58. The van der Waals surface area contributed by atoms with E-state index in [2.05, 4.69) is 26.5 Å². The van der Waals surface area contributed by atoms with Crippen molar-refractivity contribution in [2.75, 3.05) is 6.61 Å². The molecule has 5 nitrogen and oxygen atoms in total. The third-order valence-corrected chi connectivity index (χ3v) is 4.46. The Kier molecular flexibility index (Phi) is 7.41. The van der Waals surface area contributed by atoms with E-state index in [-0.39, 0.29) is 5.91 Å². The Balaban J connectivity index is 1.60. The third kappa shape index (κ3) is 6.19. The van der Waals surface area contributed by atoms with Crippen molar-refractivity contribution >= 4 is 28.1 Å². The van der Waals surface area contributed by atoms with Gasteiger partial charge in [0.2, 0.25) is 0 Å². The monoisotopic (exact) mass is 452 g/mol. The second-order valence-electron chi connectivity index (χ2n) is 6.12. The molecular weight excluding hydrogens is 432 g/mol. The zero-order chi connectivity index (χ0) is 20.5. The number of halogens is 1. The number of hydrogen-bond acceptors (Lipinski definition) is 4. The van der Waals surface area contributed by atoms with E-state index in [1.54, 1.807) is 24.4 Å². The van der Waals surface area contributed by atoms with Crippen molar-refractivity contribution < 1.29 is 14.3 Å². The molecule has 3 rings (SSSR count). The topological polar surface area (TPSA) is 59.9 Å². The molecule has 1 N–H and O–H groups in total. The van der Waals surface area contributed by atoms with Crippen LogP contribution in [0, 0.1) is 0 Å². The van der Waals surface area contributed by atoms with Crippen molar-refractivity contribution in [2.45, 2.75) is 13.5 Å². The predicted molar refractivity (Wildman–Crippen MR) is 118 cm³/mol. The van der Waals surface area contributed by atoms with E-state index in [9.17, 15) is 4.79 Å². The molecule has 0 spiro atoms. The molecule has 0 aliphatic heterocycles. The van der Waals surface area contributed by atoms with Gasteiger partial charge in [0.05, 0.1) is 18.4 Å². The summed E-state index contributed by atoms with van der Waals surface area (Å²) in [5.74, 6) is 0.931. The van der Waals surface area contributed by atoms with Gasteiger partial charge in [-0.15, -0.1) is 0 Å². The second-order valence-corrected chi connectivity index (χ2v) is 7.04. The Labute approximate surface area is 178 Å². The Hall–Kier alpha value is -3.12. The van der Waals surface area contributed by atoms with Crippen molar-refractivity contribution in [1.82, 2.24) is 5.43 Å². The van der Waals surface area contributed by atoms with Gasteiger partial charge in [-0.05, 0) is 54.4 Å². The lowest BCUT2D eigenvalue weighted by Crippen LogP contribution is -2.18. The maximum absolute atomic E-state index is 12.4. The van der Waals surface area contributed by atoms with Gasteiger partial charge in [-0.2, -0.15) is 5.10 Å². The molecule has 0 bridgehead atoms. The van der Waals surface area contributed by atoms with Crippen LogP contribution in [0.1, 0.15) is 28.4 Å². The molecular formula is C23H21BrN2O3. The highest BCUT2D eigenvalue weighted by molar-refractivity contribution is 9.10. The highest BCUT2D eigenvalue weighted by atomic mass is 79.9. The van der Waals surface area contributed by atoms with Crippen molar-refractivity contribution in [3.8, 4) is 11.5 Å². The van der Waals surface area contributed by atoms with E-state index in [1.165, 1.54) is 0 Å². The van der Waals surface area contributed by atoms with Crippen molar-refractivity contribution in [2.24, 2.45) is 5.10 Å². The average Bonchev–Trinajstić information content (AvgIpc) is 2.73. The predicted octanol–water partition coefficient (Wildman–Crippen LogP) is 5.19. The maximum Gasteiger partial charge on any atom is 0.275 e. The van der Waals surface area contributed by atoms with Gasteiger partial charge in [0.1, 0.15) is 18.1 Å². The molecule has 0 heterocycles. The van der Waals surface area contributed by atoms with E-state index in [4.69, 9.17) is 9.47 Å². The highest BCUT2D eigenvalue weighted by Crippen LogP contribution is 2.18. The van der Waals surface area contributed by atoms with Crippen LogP contribution >= 0.6 is 15.9 Å². The molecule has 0 saturated heterocycles. The number of benzene rings is 3. The largest absolute Gasteiger partial charge is 0.493 e. The average molecular weight is 453 g/mol. The molecule has 3 aromatic rings. The number of hydrazone groups is 1. The van der Waals surface area contributed by atoms with Gasteiger partial charge in [0.25, 0.3) is 5.91 Å². The van der Waals surface area contributed by atoms with Crippen LogP contribution in [-0.4, -0.2) is 18.7 Å². The Morgan fingerprint density at radius 2 is 1.86 bits per heavy atom. The zero-order valence-electron chi connectivity index (χ0n) is 16.0. The van der Waals surface area contributed by atoms with Gasteiger partial charge < -0.3 is 9.47 Å². The first-order valence-corrected chi connectivity index (χ1v) is 9.97. The number of ether oxygens (including phenoxy) is 2. The van der Waals surface area contributed by atoms with E-state index in [0.717, 1.165) is 21.3 Å². The summed E-state index contributed by atoms with van der Waals surface area (Å²) in [5, 5.41) is 4.05. The van der Waals surface area contributed by atoms with E-state index in [0.29, 0.717) is 24.5 Å². The lowest BCUT2D eigenvalue weighted by Gasteiger charge is -2.08. The molecule has 0 aliphatic carbocycles. The van der Waals surface area contributed by atoms with Crippen LogP contribution in [-0.2, 0) is 6.61 Å². The summed E-state index contributed by atoms with van der Waals surface area (Å²) in [6, 6.07) is 22.5. The summed E-state index contributed by atoms with van der Waals surface area (Å²) in [4.78, 5) is 12.4. The molecule has 0 atom stereocenters. The van der Waals surface area contributed by atoms with Crippen LogP contribution in [0.15, 0.2) is 82.4 Å². The first kappa shape index (κ1) is 20.6. The van der Waals surface area contributed by atoms with Crippen LogP contribution in [0.25, 0.3) is 0 Å². The molecule has 0 unspecified atom stereocenters. The van der Waals surface area contributed by atoms with Gasteiger partial charge in [0.15, 0.2) is 0 Å². The normalized spacial score (nSPS) is 10.7. The molecule has 0 saturated carbocycles. The van der Waals surface area contributed by atoms with Crippen LogP contribution in [0.4, 0.5) is 0 Å². The zero-order valence-corrected chi connectivity index (χ0v) is 17.6. The van der Waals surface area contributed by atoms with Crippen molar-refractivity contribution in [3.05, 3.63) is 94.0 Å². The summed E-state index contributed by atoms with van der Waals surface area (Å²) in [5.41, 5.74) is 4.86. The number of hydrogen-bond donors (Lipinski definition) is 1. The van der Waals surface area contributed by atoms with Gasteiger partial charge >= 0.3 is 0 Å². The fourth-order valence-corrected chi connectivity index (χ4v) is 3.09. The smallest absolute Gasteiger partial charge is 0.275 e. The van der Waals surface area contributed by atoms with E-state index < -0.39 is 0 Å². The summed E-state index contributed by atoms with van der Waals surface area (Å²) in [6.45, 7) is 2.82. The minimum Gasteiger partial charge on any atom is -0.493 e. The summed E-state index contributed by atoms with van der Waals surface area (Å²) >= 11 is 3.45. The fourth-order valence-electron chi connectivity index (χ4n) is 2.64. The lowest BCUT2D eigenvalue weighted by atomic mass is 10.2. The number of carbonyl (C=O) groups excluding carboxylic acids is 1. The molecule has 0 fully saturated rings. The molecule has 0 aliphatic rings. The number of amides is 1. The lowest BCUT2D eigenvalue weighted by molar-refractivity contribution is 0.0951. The summed E-state index contributed by atoms with van der Waals surface area (Å²) < 4.78 is 12.3. The molecule has 0 radical (unpaired) electrons. The first-order chi connectivity index (χ1) is 14.2. The molecule has 0 aromatic heterocycles. The molecule has 3 aromatic carbocycles. The Morgan fingerprint density at radius 1 is 1.03 bits per heavy atom. The van der Waals surface area contributed by atoms with E-state index >= 15 is 0 Å². The number of para-hydroxylation sites is 1. The third-order valence-electron chi connectivity index (χ3n) is 3.96. The molecule has 1 amide bonds. The Morgan fingerprint density at radius 3 is 2.69 bits per heavy atom. The van der Waals surface area contributed by atoms with E-state index in [1.807, 2.05) is 61.5 Å². The highest BCUT2D eigenvalue weighted by Gasteiger charge is 2.10. The van der Waals surface area contributed by atoms with Crippen LogP contribution < -0.4 is 14.9 Å². The molecule has 148 valence electrons. The van der Waals surface area contributed by atoms with Crippen LogP contribution in [0.5, 0.6) is 11.5 Å². The number of nitrogens with one attached hydrogen (secondary N) is 1. The SMILES string of the molecule is CCOc1ccccc1C(=O)N/N=C/c1cccc(OCc2cccc(Br)c2)c1. The van der Waals surface area contributed by atoms with Gasteiger partial charge in [0, 0.05) is 4.47 Å². The molecule has 29 heavy (non-hydrogen) atoms. The fraction of sp³-hybridized carbons (Fsp3) is 0.130. The number of nitrogens with zero attached hydrogens (tertiary/aromatic N) is 1. The van der Waals surface area contributed by atoms with Crippen molar-refractivity contribution in [1.29, 1.82) is 0 Å².